The van der Waals surface area contributed by atoms with Crippen molar-refractivity contribution < 1.29 is 14.0 Å². The standard InChI is InChI=1S/C14H19FN4O2/c1-2-16-13-12(15)10(5-7-17-13)14(21)18-8-6-11(20)19-9-3-4-9/h5,7,9H,2-4,6,8H2,1H3,(H,16,17)(H,18,21)(H,19,20). The van der Waals surface area contributed by atoms with Crippen LogP contribution < -0.4 is 16.0 Å². The molecule has 7 heteroatoms. The van der Waals surface area contributed by atoms with Crippen LogP contribution in [0.1, 0.15) is 36.5 Å². The molecule has 1 heterocycles. The first-order valence-electron chi connectivity index (χ1n) is 7.07. The number of nitrogens with zero attached hydrogens (tertiary/aromatic N) is 1. The fraction of sp³-hybridized carbons (Fsp3) is 0.500. The number of hydrogen-bond donors (Lipinski definition) is 3. The van der Waals surface area contributed by atoms with E-state index < -0.39 is 11.7 Å². The molecule has 1 saturated carbocycles. The summed E-state index contributed by atoms with van der Waals surface area (Å²) in [7, 11) is 0. The van der Waals surface area contributed by atoms with Gasteiger partial charge in [0, 0.05) is 31.7 Å². The van der Waals surface area contributed by atoms with E-state index in [1.54, 1.807) is 0 Å². The van der Waals surface area contributed by atoms with E-state index in [-0.39, 0.29) is 30.3 Å². The van der Waals surface area contributed by atoms with Gasteiger partial charge in [-0.1, -0.05) is 0 Å². The third kappa shape index (κ3) is 4.40. The maximum atomic E-state index is 14.0. The van der Waals surface area contributed by atoms with Crippen LogP contribution in [0, 0.1) is 5.82 Å². The molecule has 0 aliphatic heterocycles. The topological polar surface area (TPSA) is 83.1 Å². The summed E-state index contributed by atoms with van der Waals surface area (Å²) >= 11 is 0. The van der Waals surface area contributed by atoms with Crippen molar-refractivity contribution in [1.82, 2.24) is 15.6 Å². The molecule has 114 valence electrons. The molecular formula is C14H19FN4O2. The highest BCUT2D eigenvalue weighted by Crippen LogP contribution is 2.18. The predicted molar refractivity (Wildman–Crippen MR) is 76.5 cm³/mol. The van der Waals surface area contributed by atoms with Crippen molar-refractivity contribution in [3.63, 3.8) is 0 Å². The fourth-order valence-corrected chi connectivity index (χ4v) is 1.82. The summed E-state index contributed by atoms with van der Waals surface area (Å²) in [4.78, 5) is 27.2. The van der Waals surface area contributed by atoms with Crippen molar-refractivity contribution in [3.05, 3.63) is 23.6 Å². The lowest BCUT2D eigenvalue weighted by molar-refractivity contribution is -0.121. The van der Waals surface area contributed by atoms with Gasteiger partial charge < -0.3 is 16.0 Å². The Balaban J connectivity index is 1.84. The highest BCUT2D eigenvalue weighted by atomic mass is 19.1. The van der Waals surface area contributed by atoms with Crippen molar-refractivity contribution in [2.75, 3.05) is 18.4 Å². The minimum atomic E-state index is -0.681. The van der Waals surface area contributed by atoms with E-state index >= 15 is 0 Å². The van der Waals surface area contributed by atoms with Crippen LogP contribution in [-0.4, -0.2) is 35.9 Å². The van der Waals surface area contributed by atoms with Crippen molar-refractivity contribution >= 4 is 17.6 Å². The van der Waals surface area contributed by atoms with Gasteiger partial charge in [-0.25, -0.2) is 9.37 Å². The summed E-state index contributed by atoms with van der Waals surface area (Å²) in [5.74, 6) is -1.27. The maximum absolute atomic E-state index is 14.0. The first-order valence-corrected chi connectivity index (χ1v) is 7.07. The molecular weight excluding hydrogens is 275 g/mol. The Bertz CT molecular complexity index is 532. The number of pyridine rings is 1. The van der Waals surface area contributed by atoms with Gasteiger partial charge in [0.15, 0.2) is 11.6 Å². The molecule has 2 amide bonds. The number of carbonyl (C=O) groups excluding carboxylic acids is 2. The van der Waals surface area contributed by atoms with Crippen LogP contribution >= 0.6 is 0 Å². The zero-order valence-electron chi connectivity index (χ0n) is 11.9. The number of aromatic nitrogens is 1. The second-order valence-corrected chi connectivity index (χ2v) is 4.90. The van der Waals surface area contributed by atoms with Gasteiger partial charge in [-0.05, 0) is 25.8 Å². The number of hydrogen-bond acceptors (Lipinski definition) is 4. The average Bonchev–Trinajstić information content (AvgIpc) is 3.25. The van der Waals surface area contributed by atoms with E-state index in [0.29, 0.717) is 12.6 Å². The molecule has 3 N–H and O–H groups in total. The van der Waals surface area contributed by atoms with Crippen LogP contribution in [0.3, 0.4) is 0 Å². The fourth-order valence-electron chi connectivity index (χ4n) is 1.82. The predicted octanol–water partition coefficient (Wildman–Crippen LogP) is 1.05. The second kappa shape index (κ2) is 7.01. The Morgan fingerprint density at radius 1 is 1.43 bits per heavy atom. The van der Waals surface area contributed by atoms with Crippen molar-refractivity contribution in [3.8, 4) is 0 Å². The van der Waals surface area contributed by atoms with Crippen LogP contribution in [0.25, 0.3) is 0 Å². The Morgan fingerprint density at radius 3 is 2.86 bits per heavy atom. The SMILES string of the molecule is CCNc1nccc(C(=O)NCCC(=O)NC2CC2)c1F. The molecule has 2 rings (SSSR count). The number of halogens is 1. The molecule has 0 saturated heterocycles. The molecule has 1 aromatic heterocycles. The van der Waals surface area contributed by atoms with Gasteiger partial charge in [0.25, 0.3) is 5.91 Å². The van der Waals surface area contributed by atoms with E-state index in [2.05, 4.69) is 20.9 Å². The maximum Gasteiger partial charge on any atom is 0.254 e. The second-order valence-electron chi connectivity index (χ2n) is 4.90. The van der Waals surface area contributed by atoms with Crippen LogP contribution in [0.2, 0.25) is 0 Å². The molecule has 0 radical (unpaired) electrons. The molecule has 0 atom stereocenters. The third-order valence-corrected chi connectivity index (χ3v) is 3.06. The number of anilines is 1. The molecule has 1 fully saturated rings. The zero-order valence-corrected chi connectivity index (χ0v) is 11.9. The first kappa shape index (κ1) is 15.2. The van der Waals surface area contributed by atoms with E-state index in [0.717, 1.165) is 12.8 Å². The van der Waals surface area contributed by atoms with E-state index in [9.17, 15) is 14.0 Å². The quantitative estimate of drug-likeness (QED) is 0.702. The summed E-state index contributed by atoms with van der Waals surface area (Å²) in [5, 5.41) is 8.10. The number of amides is 2. The minimum absolute atomic E-state index is 0.0524. The Hall–Kier alpha value is -2.18. The molecule has 0 bridgehead atoms. The molecule has 0 spiro atoms. The molecule has 1 aliphatic carbocycles. The Labute approximate surface area is 122 Å². The average molecular weight is 294 g/mol. The summed E-state index contributed by atoms with van der Waals surface area (Å²) in [6.45, 7) is 2.50. The van der Waals surface area contributed by atoms with Crippen LogP contribution in [0.15, 0.2) is 12.3 Å². The van der Waals surface area contributed by atoms with Gasteiger partial charge in [-0.15, -0.1) is 0 Å². The minimum Gasteiger partial charge on any atom is -0.368 e. The molecule has 0 aromatic carbocycles. The number of nitrogens with one attached hydrogen (secondary N) is 3. The number of carbonyl (C=O) groups is 2. The summed E-state index contributed by atoms with van der Waals surface area (Å²) in [5.41, 5.74) is -0.0800. The Kier molecular flexibility index (Phi) is 5.08. The Morgan fingerprint density at radius 2 is 2.19 bits per heavy atom. The molecule has 1 aromatic rings. The van der Waals surface area contributed by atoms with Crippen LogP contribution in [0.5, 0.6) is 0 Å². The molecule has 6 nitrogen and oxygen atoms in total. The van der Waals surface area contributed by atoms with Crippen LogP contribution in [0.4, 0.5) is 10.2 Å². The van der Waals surface area contributed by atoms with E-state index in [1.165, 1.54) is 12.3 Å². The van der Waals surface area contributed by atoms with Gasteiger partial charge in [-0.2, -0.15) is 0 Å². The lowest BCUT2D eigenvalue weighted by Gasteiger charge is -2.09. The smallest absolute Gasteiger partial charge is 0.254 e. The zero-order chi connectivity index (χ0) is 15.2. The highest BCUT2D eigenvalue weighted by Gasteiger charge is 2.23. The van der Waals surface area contributed by atoms with Gasteiger partial charge in [0.1, 0.15) is 0 Å². The van der Waals surface area contributed by atoms with Crippen LogP contribution in [-0.2, 0) is 4.79 Å². The monoisotopic (exact) mass is 294 g/mol. The lowest BCUT2D eigenvalue weighted by Crippen LogP contribution is -2.32. The largest absolute Gasteiger partial charge is 0.368 e. The van der Waals surface area contributed by atoms with Crippen molar-refractivity contribution in [2.24, 2.45) is 0 Å². The molecule has 0 unspecified atom stereocenters. The van der Waals surface area contributed by atoms with Crippen molar-refractivity contribution in [2.45, 2.75) is 32.2 Å². The molecule has 21 heavy (non-hydrogen) atoms. The normalized spacial score (nSPS) is 13.6. The number of rotatable bonds is 7. The first-order chi connectivity index (χ1) is 10.1. The third-order valence-electron chi connectivity index (χ3n) is 3.06. The van der Waals surface area contributed by atoms with Gasteiger partial charge in [0.05, 0.1) is 5.56 Å². The summed E-state index contributed by atoms with van der Waals surface area (Å²) in [6.07, 6.45) is 3.60. The lowest BCUT2D eigenvalue weighted by atomic mass is 10.2. The molecule has 1 aliphatic rings. The van der Waals surface area contributed by atoms with E-state index in [4.69, 9.17) is 0 Å². The summed E-state index contributed by atoms with van der Waals surface area (Å²) in [6, 6.07) is 1.61. The van der Waals surface area contributed by atoms with Gasteiger partial charge in [-0.3, -0.25) is 9.59 Å². The van der Waals surface area contributed by atoms with E-state index in [1.807, 2.05) is 6.92 Å². The van der Waals surface area contributed by atoms with Gasteiger partial charge in [0.2, 0.25) is 5.91 Å². The highest BCUT2D eigenvalue weighted by molar-refractivity contribution is 5.95. The van der Waals surface area contributed by atoms with Gasteiger partial charge >= 0.3 is 0 Å². The van der Waals surface area contributed by atoms with Crippen molar-refractivity contribution in [1.29, 1.82) is 0 Å². The summed E-state index contributed by atoms with van der Waals surface area (Å²) < 4.78 is 14.0.